The molecule has 162 valence electrons. The van der Waals surface area contributed by atoms with Gasteiger partial charge in [0.2, 0.25) is 0 Å². The van der Waals surface area contributed by atoms with Crippen molar-refractivity contribution in [2.45, 2.75) is 6.54 Å². The van der Waals surface area contributed by atoms with Crippen molar-refractivity contribution in [2.75, 3.05) is 29.9 Å². The third-order valence-corrected chi connectivity index (χ3v) is 6.47. The maximum atomic E-state index is 13.3. The fourth-order valence-electron chi connectivity index (χ4n) is 3.25. The van der Waals surface area contributed by atoms with Crippen LogP contribution >= 0.6 is 0 Å². The first-order valence-electron chi connectivity index (χ1n) is 9.49. The number of hydrogen-bond acceptors (Lipinski definition) is 6. The number of aromatic nitrogens is 3. The molecule has 0 spiro atoms. The van der Waals surface area contributed by atoms with Crippen LogP contribution < -0.4 is 5.32 Å². The van der Waals surface area contributed by atoms with Crippen molar-refractivity contribution in [3.63, 3.8) is 0 Å². The van der Waals surface area contributed by atoms with Crippen LogP contribution in [0.3, 0.4) is 0 Å². The Bertz CT molecular complexity index is 1190. The molecule has 1 aliphatic heterocycles. The molecule has 0 bridgehead atoms. The second-order valence-electron chi connectivity index (χ2n) is 7.24. The molecule has 2 aromatic carbocycles. The number of amides is 1. The van der Waals surface area contributed by atoms with Crippen LogP contribution in [0.1, 0.15) is 16.1 Å². The fraction of sp³-hybridized carbons (Fsp3) is 0.250. The van der Waals surface area contributed by atoms with Crippen LogP contribution in [0.4, 0.5) is 14.5 Å². The van der Waals surface area contributed by atoms with Crippen molar-refractivity contribution in [1.29, 1.82) is 0 Å². The fourth-order valence-corrected chi connectivity index (χ4v) is 4.53. The molecule has 1 N–H and O–H groups in total. The van der Waals surface area contributed by atoms with Gasteiger partial charge in [0.05, 0.1) is 29.1 Å². The number of halogens is 2. The van der Waals surface area contributed by atoms with E-state index in [9.17, 15) is 22.0 Å². The molecule has 31 heavy (non-hydrogen) atoms. The van der Waals surface area contributed by atoms with Crippen molar-refractivity contribution >= 4 is 21.4 Å². The van der Waals surface area contributed by atoms with Gasteiger partial charge in [-0.15, -0.1) is 5.10 Å². The zero-order chi connectivity index (χ0) is 22.0. The molecule has 0 saturated carbocycles. The van der Waals surface area contributed by atoms with E-state index in [1.54, 1.807) is 30.5 Å². The highest BCUT2D eigenvalue weighted by Crippen LogP contribution is 2.17. The van der Waals surface area contributed by atoms with Crippen LogP contribution in [0.5, 0.6) is 0 Å². The first-order valence-corrected chi connectivity index (χ1v) is 11.3. The van der Waals surface area contributed by atoms with Gasteiger partial charge in [0.1, 0.15) is 11.6 Å². The highest BCUT2D eigenvalue weighted by atomic mass is 32.2. The predicted molar refractivity (Wildman–Crippen MR) is 110 cm³/mol. The molecule has 1 saturated heterocycles. The lowest BCUT2D eigenvalue weighted by Gasteiger charge is -2.25. The van der Waals surface area contributed by atoms with Gasteiger partial charge in [-0.25, -0.2) is 21.9 Å². The molecule has 1 amide bonds. The number of carbonyl (C=O) groups excluding carboxylic acids is 1. The van der Waals surface area contributed by atoms with Gasteiger partial charge in [0, 0.05) is 37.0 Å². The van der Waals surface area contributed by atoms with Crippen LogP contribution in [-0.2, 0) is 16.4 Å². The summed E-state index contributed by atoms with van der Waals surface area (Å²) >= 11 is 0. The van der Waals surface area contributed by atoms with Crippen LogP contribution in [-0.4, -0.2) is 58.8 Å². The van der Waals surface area contributed by atoms with E-state index in [0.29, 0.717) is 42.8 Å². The summed E-state index contributed by atoms with van der Waals surface area (Å²) in [4.78, 5) is 14.3. The van der Waals surface area contributed by atoms with E-state index in [2.05, 4.69) is 15.6 Å². The lowest BCUT2D eigenvalue weighted by Crippen LogP contribution is -2.39. The molecule has 4 rings (SSSR count). The zero-order valence-corrected chi connectivity index (χ0v) is 17.1. The molecule has 1 aromatic heterocycles. The van der Waals surface area contributed by atoms with E-state index < -0.39 is 27.4 Å². The summed E-state index contributed by atoms with van der Waals surface area (Å²) in [6.07, 6.45) is 1.73. The number of nitrogens with one attached hydrogen (secondary N) is 1. The monoisotopic (exact) mass is 447 g/mol. The molecule has 8 nitrogen and oxygen atoms in total. The molecule has 3 aromatic rings. The molecular weight excluding hydrogens is 428 g/mol. The minimum atomic E-state index is -2.94. The van der Waals surface area contributed by atoms with Gasteiger partial charge in [-0.05, 0) is 30.3 Å². The Labute approximate surface area is 177 Å². The van der Waals surface area contributed by atoms with Crippen LogP contribution in [0.15, 0.2) is 48.7 Å². The number of sulfone groups is 1. The Morgan fingerprint density at radius 2 is 1.77 bits per heavy atom. The Hall–Kier alpha value is -3.18. The summed E-state index contributed by atoms with van der Waals surface area (Å²) in [5.41, 5.74) is 1.60. The van der Waals surface area contributed by atoms with Gasteiger partial charge in [0.15, 0.2) is 9.84 Å². The Kier molecular flexibility index (Phi) is 5.79. The lowest BCUT2D eigenvalue weighted by molar-refractivity contribution is 0.102. The molecule has 0 atom stereocenters. The normalized spacial score (nSPS) is 16.2. The van der Waals surface area contributed by atoms with Crippen molar-refractivity contribution < 1.29 is 22.0 Å². The van der Waals surface area contributed by atoms with E-state index in [4.69, 9.17) is 0 Å². The van der Waals surface area contributed by atoms with Gasteiger partial charge < -0.3 is 5.32 Å². The average Bonchev–Trinajstić information content (AvgIpc) is 3.18. The second-order valence-corrected chi connectivity index (χ2v) is 9.55. The number of nitrogens with zero attached hydrogens (tertiary/aromatic N) is 4. The van der Waals surface area contributed by atoms with E-state index in [-0.39, 0.29) is 17.1 Å². The topological polar surface area (TPSA) is 97.2 Å². The smallest absolute Gasteiger partial charge is 0.255 e. The summed E-state index contributed by atoms with van der Waals surface area (Å²) in [5, 5.41) is 10.8. The summed E-state index contributed by atoms with van der Waals surface area (Å²) < 4.78 is 51.3. The van der Waals surface area contributed by atoms with Crippen LogP contribution in [0.2, 0.25) is 0 Å². The van der Waals surface area contributed by atoms with E-state index in [0.717, 1.165) is 12.1 Å². The Morgan fingerprint density at radius 1 is 1.06 bits per heavy atom. The number of hydrogen-bond donors (Lipinski definition) is 1. The quantitative estimate of drug-likeness (QED) is 0.643. The SMILES string of the molecule is O=C(Nc1cccc(-n2cc(CN3CCS(=O)(=O)CC3)nn2)c1)c1cc(F)cc(F)c1. The third kappa shape index (κ3) is 5.30. The molecule has 0 unspecified atom stereocenters. The molecule has 0 aliphatic carbocycles. The van der Waals surface area contributed by atoms with E-state index in [1.165, 1.54) is 4.68 Å². The summed E-state index contributed by atoms with van der Waals surface area (Å²) in [6.45, 7) is 1.39. The first kappa shape index (κ1) is 21.1. The van der Waals surface area contributed by atoms with Crippen molar-refractivity contribution in [3.8, 4) is 5.69 Å². The maximum absolute atomic E-state index is 13.3. The molecule has 1 aliphatic rings. The molecule has 0 radical (unpaired) electrons. The Balaban J connectivity index is 1.44. The number of anilines is 1. The summed E-state index contributed by atoms with van der Waals surface area (Å²) in [7, 11) is -2.94. The highest BCUT2D eigenvalue weighted by Gasteiger charge is 2.22. The second kappa shape index (κ2) is 8.52. The Morgan fingerprint density at radius 3 is 2.48 bits per heavy atom. The third-order valence-electron chi connectivity index (χ3n) is 4.86. The minimum Gasteiger partial charge on any atom is -0.322 e. The predicted octanol–water partition coefficient (Wildman–Crippen LogP) is 2.03. The van der Waals surface area contributed by atoms with Gasteiger partial charge in [-0.1, -0.05) is 11.3 Å². The van der Waals surface area contributed by atoms with Gasteiger partial charge in [-0.2, -0.15) is 0 Å². The van der Waals surface area contributed by atoms with Crippen LogP contribution in [0, 0.1) is 11.6 Å². The van der Waals surface area contributed by atoms with E-state index >= 15 is 0 Å². The molecule has 1 fully saturated rings. The van der Waals surface area contributed by atoms with Gasteiger partial charge >= 0.3 is 0 Å². The maximum Gasteiger partial charge on any atom is 0.255 e. The standard InChI is InChI=1S/C20H19F2N5O3S/c21-15-8-14(9-16(22)10-15)20(28)23-17-2-1-3-19(11-17)27-13-18(24-25-27)12-26-4-6-31(29,30)7-5-26/h1-3,8-11,13H,4-7,12H2,(H,23,28). The zero-order valence-electron chi connectivity index (χ0n) is 16.3. The van der Waals surface area contributed by atoms with Crippen molar-refractivity contribution in [2.24, 2.45) is 0 Å². The average molecular weight is 447 g/mol. The molecule has 2 heterocycles. The van der Waals surface area contributed by atoms with Gasteiger partial charge in [0.25, 0.3) is 5.91 Å². The summed E-state index contributed by atoms with van der Waals surface area (Å²) in [5.74, 6) is -2.04. The molecular formula is C20H19F2N5O3S. The number of carbonyl (C=O) groups is 1. The van der Waals surface area contributed by atoms with Crippen LogP contribution in [0.25, 0.3) is 5.69 Å². The number of rotatable bonds is 5. The molecule has 11 heteroatoms. The summed E-state index contributed by atoms with van der Waals surface area (Å²) in [6, 6.07) is 9.37. The van der Waals surface area contributed by atoms with Crippen molar-refractivity contribution in [1.82, 2.24) is 19.9 Å². The highest BCUT2D eigenvalue weighted by molar-refractivity contribution is 7.91. The number of benzene rings is 2. The first-order chi connectivity index (χ1) is 14.8. The van der Waals surface area contributed by atoms with Crippen molar-refractivity contribution in [3.05, 3.63) is 71.6 Å². The van der Waals surface area contributed by atoms with Gasteiger partial charge in [-0.3, -0.25) is 9.69 Å². The largest absolute Gasteiger partial charge is 0.322 e. The van der Waals surface area contributed by atoms with E-state index in [1.807, 2.05) is 4.90 Å². The minimum absolute atomic E-state index is 0.130. The lowest BCUT2D eigenvalue weighted by atomic mass is 10.2.